The van der Waals surface area contributed by atoms with Crippen LogP contribution in [0, 0.1) is 0 Å². The first kappa shape index (κ1) is 18.6. The second kappa shape index (κ2) is 8.69. The van der Waals surface area contributed by atoms with E-state index in [-0.39, 0.29) is 6.42 Å². The van der Waals surface area contributed by atoms with Crippen LogP contribution in [0.2, 0.25) is 0 Å². The zero-order valence-corrected chi connectivity index (χ0v) is 12.3. The minimum absolute atomic E-state index is 0.0588. The molecular formula is C12H25O6P. The van der Waals surface area contributed by atoms with E-state index >= 15 is 0 Å². The van der Waals surface area contributed by atoms with Crippen molar-refractivity contribution in [3.05, 3.63) is 0 Å². The van der Waals surface area contributed by atoms with E-state index < -0.39 is 31.7 Å². The minimum atomic E-state index is -4.71. The topological polar surface area (TPSA) is 115 Å². The Kier molecular flexibility index (Phi) is 8.50. The summed E-state index contributed by atoms with van der Waals surface area (Å²) in [6.45, 7) is 2.10. The fourth-order valence-corrected chi connectivity index (χ4v) is 2.76. The van der Waals surface area contributed by atoms with Gasteiger partial charge in [-0.2, -0.15) is 0 Å². The molecule has 0 saturated heterocycles. The molecule has 0 aliphatic heterocycles. The summed E-state index contributed by atoms with van der Waals surface area (Å²) in [6.07, 6.45) is 4.63. The molecule has 0 radical (unpaired) electrons. The van der Waals surface area contributed by atoms with Crippen molar-refractivity contribution in [1.82, 2.24) is 0 Å². The summed E-state index contributed by atoms with van der Waals surface area (Å²) in [4.78, 5) is 28.8. The first-order valence-corrected chi connectivity index (χ1v) is 8.34. The number of hydrogen-bond donors (Lipinski definition) is 4. The maximum absolute atomic E-state index is 11.3. The Balaban J connectivity index is 4.21. The Morgan fingerprint density at radius 2 is 1.58 bits per heavy atom. The number of aliphatic hydroxyl groups is 1. The van der Waals surface area contributed by atoms with E-state index in [0.717, 1.165) is 32.1 Å². The highest BCUT2D eigenvalue weighted by Crippen LogP contribution is 2.53. The quantitative estimate of drug-likeness (QED) is 0.344. The molecule has 0 fully saturated rings. The van der Waals surface area contributed by atoms with Gasteiger partial charge in [0.1, 0.15) is 0 Å². The number of unbranched alkanes of at least 4 members (excludes halogenated alkanes) is 5. The molecule has 114 valence electrons. The van der Waals surface area contributed by atoms with Gasteiger partial charge >= 0.3 is 13.6 Å². The first-order valence-electron chi connectivity index (χ1n) is 6.73. The number of rotatable bonds is 11. The Labute approximate surface area is 114 Å². The summed E-state index contributed by atoms with van der Waals surface area (Å²) >= 11 is 0. The van der Waals surface area contributed by atoms with E-state index in [1.165, 1.54) is 0 Å². The first-order chi connectivity index (χ1) is 8.73. The summed E-state index contributed by atoms with van der Waals surface area (Å²) in [5, 5.41) is 16.3. The molecule has 0 aromatic carbocycles. The number of carbonyl (C=O) groups is 1. The van der Waals surface area contributed by atoms with Gasteiger partial charge in [-0.25, -0.2) is 0 Å². The lowest BCUT2D eigenvalue weighted by Gasteiger charge is -2.28. The van der Waals surface area contributed by atoms with E-state index in [1.54, 1.807) is 0 Å². The van der Waals surface area contributed by atoms with Crippen LogP contribution >= 0.6 is 7.60 Å². The predicted molar refractivity (Wildman–Crippen MR) is 71.9 cm³/mol. The molecule has 0 amide bonds. The molecule has 0 heterocycles. The standard InChI is InChI=1S/C12H25O6P/c1-2-3-4-5-6-7-9-12(15,19(16,17)18)10-8-11(13)14/h15H,2-10H2,1H3,(H,13,14)(H2,16,17,18). The van der Waals surface area contributed by atoms with Crippen molar-refractivity contribution in [1.29, 1.82) is 0 Å². The summed E-state index contributed by atoms with van der Waals surface area (Å²) in [5.74, 6) is -1.17. The molecule has 1 atom stereocenters. The van der Waals surface area contributed by atoms with E-state index in [2.05, 4.69) is 6.92 Å². The SMILES string of the molecule is CCCCCCCCC(O)(CCC(=O)O)P(=O)(O)O. The molecule has 0 saturated carbocycles. The lowest BCUT2D eigenvalue weighted by atomic mass is 10.0. The zero-order chi connectivity index (χ0) is 14.9. The highest BCUT2D eigenvalue weighted by atomic mass is 31.2. The van der Waals surface area contributed by atoms with Crippen molar-refractivity contribution < 1.29 is 29.4 Å². The molecule has 7 heteroatoms. The number of hydrogen-bond acceptors (Lipinski definition) is 3. The van der Waals surface area contributed by atoms with Gasteiger partial charge in [-0.1, -0.05) is 39.0 Å². The minimum Gasteiger partial charge on any atom is -0.481 e. The number of carboxylic acids is 1. The van der Waals surface area contributed by atoms with Crippen molar-refractivity contribution in [3.63, 3.8) is 0 Å². The fourth-order valence-electron chi connectivity index (χ4n) is 1.91. The van der Waals surface area contributed by atoms with Gasteiger partial charge in [0, 0.05) is 6.42 Å². The van der Waals surface area contributed by atoms with Crippen LogP contribution in [0.25, 0.3) is 0 Å². The second-order valence-electron chi connectivity index (χ2n) is 4.94. The largest absolute Gasteiger partial charge is 0.481 e. The van der Waals surface area contributed by atoms with Gasteiger partial charge in [-0.15, -0.1) is 0 Å². The third kappa shape index (κ3) is 7.67. The normalized spacial score (nSPS) is 15.2. The average molecular weight is 296 g/mol. The molecule has 19 heavy (non-hydrogen) atoms. The van der Waals surface area contributed by atoms with Crippen LogP contribution in [-0.4, -0.2) is 31.3 Å². The summed E-state index contributed by atoms with van der Waals surface area (Å²) in [6, 6.07) is 0. The zero-order valence-electron chi connectivity index (χ0n) is 11.4. The van der Waals surface area contributed by atoms with Gasteiger partial charge in [0.05, 0.1) is 0 Å². The molecule has 4 N–H and O–H groups in total. The van der Waals surface area contributed by atoms with Crippen molar-refractivity contribution in [2.75, 3.05) is 0 Å². The van der Waals surface area contributed by atoms with E-state index in [4.69, 9.17) is 14.9 Å². The lowest BCUT2D eigenvalue weighted by molar-refractivity contribution is -0.138. The van der Waals surface area contributed by atoms with Crippen molar-refractivity contribution in [2.45, 2.75) is 70.1 Å². The number of aliphatic carboxylic acids is 1. The molecule has 0 aliphatic carbocycles. The molecule has 6 nitrogen and oxygen atoms in total. The maximum Gasteiger partial charge on any atom is 0.356 e. The highest BCUT2D eigenvalue weighted by Gasteiger charge is 2.44. The lowest BCUT2D eigenvalue weighted by Crippen LogP contribution is -2.29. The maximum atomic E-state index is 11.3. The van der Waals surface area contributed by atoms with Crippen LogP contribution in [0.15, 0.2) is 0 Å². The molecule has 0 aromatic rings. The molecule has 0 rings (SSSR count). The molecule has 0 aliphatic rings. The Morgan fingerprint density at radius 3 is 2.05 bits per heavy atom. The highest BCUT2D eigenvalue weighted by molar-refractivity contribution is 7.53. The smallest absolute Gasteiger partial charge is 0.356 e. The van der Waals surface area contributed by atoms with E-state index in [9.17, 15) is 14.5 Å². The molecule has 0 aromatic heterocycles. The van der Waals surface area contributed by atoms with Gasteiger partial charge in [0.2, 0.25) is 0 Å². The van der Waals surface area contributed by atoms with Crippen molar-refractivity contribution >= 4 is 13.6 Å². The van der Waals surface area contributed by atoms with Gasteiger partial charge < -0.3 is 20.0 Å². The molecular weight excluding hydrogens is 271 g/mol. The summed E-state index contributed by atoms with van der Waals surface area (Å²) < 4.78 is 11.3. The van der Waals surface area contributed by atoms with E-state index in [0.29, 0.717) is 6.42 Å². The third-order valence-electron chi connectivity index (χ3n) is 3.21. The fraction of sp³-hybridized carbons (Fsp3) is 0.917. The molecule has 0 bridgehead atoms. The second-order valence-corrected chi connectivity index (χ2v) is 6.86. The van der Waals surface area contributed by atoms with Gasteiger partial charge in [-0.3, -0.25) is 9.36 Å². The molecule has 0 spiro atoms. The average Bonchev–Trinajstić information content (AvgIpc) is 2.29. The van der Waals surface area contributed by atoms with Crippen molar-refractivity contribution in [2.24, 2.45) is 0 Å². The Bertz CT molecular complexity index is 313. The number of carboxylic acid groups (broad SMARTS) is 1. The van der Waals surface area contributed by atoms with Crippen LogP contribution in [0.5, 0.6) is 0 Å². The predicted octanol–water partition coefficient (Wildman–Crippen LogP) is 2.47. The summed E-state index contributed by atoms with van der Waals surface area (Å²) in [7, 11) is -4.71. The van der Waals surface area contributed by atoms with Gasteiger partial charge in [-0.05, 0) is 19.3 Å². The Hall–Kier alpha value is -0.420. The van der Waals surface area contributed by atoms with Crippen LogP contribution in [0.1, 0.15) is 64.7 Å². The summed E-state index contributed by atoms with van der Waals surface area (Å²) in [5.41, 5.74) is 0. The monoisotopic (exact) mass is 296 g/mol. The van der Waals surface area contributed by atoms with Crippen LogP contribution < -0.4 is 0 Å². The van der Waals surface area contributed by atoms with Crippen LogP contribution in [0.4, 0.5) is 0 Å². The van der Waals surface area contributed by atoms with E-state index in [1.807, 2.05) is 0 Å². The van der Waals surface area contributed by atoms with Crippen LogP contribution in [0.3, 0.4) is 0 Å². The third-order valence-corrected chi connectivity index (χ3v) is 4.74. The Morgan fingerprint density at radius 1 is 1.05 bits per heavy atom. The van der Waals surface area contributed by atoms with Crippen LogP contribution in [-0.2, 0) is 9.36 Å². The van der Waals surface area contributed by atoms with Crippen molar-refractivity contribution in [3.8, 4) is 0 Å². The van der Waals surface area contributed by atoms with Gasteiger partial charge in [0.15, 0.2) is 5.34 Å². The molecule has 1 unspecified atom stereocenters. The van der Waals surface area contributed by atoms with Gasteiger partial charge in [0.25, 0.3) is 0 Å².